The smallest absolute Gasteiger partial charge is 0.130 e. The molecule has 0 spiro atoms. The molecule has 174 valence electrons. The summed E-state index contributed by atoms with van der Waals surface area (Å²) in [5.41, 5.74) is 3.24. The van der Waals surface area contributed by atoms with Gasteiger partial charge in [-0.25, -0.2) is 4.39 Å². The van der Waals surface area contributed by atoms with Crippen LogP contribution in [0.2, 0.25) is 0 Å². The van der Waals surface area contributed by atoms with Crippen molar-refractivity contribution in [1.82, 2.24) is 9.78 Å². The average molecular weight is 447 g/mol. The van der Waals surface area contributed by atoms with Crippen molar-refractivity contribution < 1.29 is 9.13 Å². The molecule has 3 nitrogen and oxygen atoms in total. The molecule has 0 N–H and O–H groups in total. The molecule has 0 aliphatic heterocycles. The Morgan fingerprint density at radius 3 is 2.61 bits per heavy atom. The molecule has 2 aromatic rings. The highest BCUT2D eigenvalue weighted by Gasteiger charge is 2.19. The molecule has 0 amide bonds. The second-order valence-electron chi connectivity index (χ2n) is 8.72. The summed E-state index contributed by atoms with van der Waals surface area (Å²) < 4.78 is 21.1. The van der Waals surface area contributed by atoms with Gasteiger partial charge in [0.25, 0.3) is 0 Å². The minimum absolute atomic E-state index is 0.148. The van der Waals surface area contributed by atoms with Crippen molar-refractivity contribution in [1.29, 1.82) is 0 Å². The summed E-state index contributed by atoms with van der Waals surface area (Å²) in [5.74, 6) is 0.948. The minimum atomic E-state index is -0.289. The fourth-order valence-corrected chi connectivity index (χ4v) is 3.44. The Morgan fingerprint density at radius 1 is 1.21 bits per heavy atom. The predicted octanol–water partition coefficient (Wildman–Crippen LogP) is 7.84. The van der Waals surface area contributed by atoms with Gasteiger partial charge in [-0.1, -0.05) is 69.0 Å². The molecule has 1 heterocycles. The predicted molar refractivity (Wildman–Crippen MR) is 137 cm³/mol. The summed E-state index contributed by atoms with van der Waals surface area (Å²) in [5, 5.41) is 4.44. The Hall–Kier alpha value is -3.40. The first-order chi connectivity index (χ1) is 15.7. The Labute approximate surface area is 198 Å². The van der Waals surface area contributed by atoms with Crippen LogP contribution in [-0.4, -0.2) is 9.78 Å². The summed E-state index contributed by atoms with van der Waals surface area (Å²) in [4.78, 5) is 0. The van der Waals surface area contributed by atoms with Gasteiger partial charge in [-0.15, -0.1) is 0 Å². The zero-order valence-corrected chi connectivity index (χ0v) is 20.4. The fraction of sp³-hybridized carbons (Fsp3) is 0.276. The van der Waals surface area contributed by atoms with Gasteiger partial charge in [-0.05, 0) is 73.6 Å². The molecular formula is C29H35FN2O. The lowest BCUT2D eigenvalue weighted by Gasteiger charge is -2.24. The van der Waals surface area contributed by atoms with Gasteiger partial charge in [0.05, 0.1) is 18.6 Å². The van der Waals surface area contributed by atoms with E-state index in [1.54, 1.807) is 12.2 Å². The van der Waals surface area contributed by atoms with Crippen molar-refractivity contribution in [2.45, 2.75) is 47.6 Å². The molecule has 1 aromatic carbocycles. The van der Waals surface area contributed by atoms with Crippen molar-refractivity contribution in [2.75, 3.05) is 0 Å². The van der Waals surface area contributed by atoms with Gasteiger partial charge in [0, 0.05) is 6.20 Å². The van der Waals surface area contributed by atoms with Gasteiger partial charge < -0.3 is 4.74 Å². The number of aromatic nitrogens is 2. The molecule has 0 saturated heterocycles. The van der Waals surface area contributed by atoms with Crippen molar-refractivity contribution in [3.63, 3.8) is 0 Å². The van der Waals surface area contributed by atoms with E-state index in [0.29, 0.717) is 12.3 Å². The molecule has 0 radical (unpaired) electrons. The molecule has 0 fully saturated rings. The van der Waals surface area contributed by atoms with Gasteiger partial charge in [0.15, 0.2) is 0 Å². The number of benzene rings is 1. The van der Waals surface area contributed by atoms with Crippen LogP contribution in [0.3, 0.4) is 0 Å². The Morgan fingerprint density at radius 2 is 1.97 bits per heavy atom. The van der Waals surface area contributed by atoms with Crippen molar-refractivity contribution in [3.8, 4) is 5.75 Å². The van der Waals surface area contributed by atoms with E-state index >= 15 is 0 Å². The molecule has 33 heavy (non-hydrogen) atoms. The number of ether oxygens (including phenoxy) is 1. The highest BCUT2D eigenvalue weighted by molar-refractivity contribution is 5.38. The topological polar surface area (TPSA) is 27.1 Å². The highest BCUT2D eigenvalue weighted by atomic mass is 19.1. The highest BCUT2D eigenvalue weighted by Crippen LogP contribution is 2.31. The van der Waals surface area contributed by atoms with Crippen LogP contribution in [-0.2, 0) is 13.0 Å². The van der Waals surface area contributed by atoms with Crippen LogP contribution in [0.5, 0.6) is 5.75 Å². The second-order valence-corrected chi connectivity index (χ2v) is 8.72. The van der Waals surface area contributed by atoms with E-state index in [4.69, 9.17) is 4.74 Å². The summed E-state index contributed by atoms with van der Waals surface area (Å²) in [6, 6.07) is 7.93. The molecule has 4 heteroatoms. The number of hydrogen-bond acceptors (Lipinski definition) is 2. The van der Waals surface area contributed by atoms with E-state index < -0.39 is 0 Å². The number of aryl methyl sites for hydroxylation is 1. The van der Waals surface area contributed by atoms with Crippen LogP contribution in [0.4, 0.5) is 4.39 Å². The van der Waals surface area contributed by atoms with Crippen LogP contribution in [0.1, 0.15) is 38.8 Å². The van der Waals surface area contributed by atoms with E-state index in [1.807, 2.05) is 61.3 Å². The Balaban J connectivity index is 2.31. The van der Waals surface area contributed by atoms with Crippen LogP contribution < -0.4 is 4.74 Å². The van der Waals surface area contributed by atoms with Gasteiger partial charge in [-0.2, -0.15) is 5.10 Å². The van der Waals surface area contributed by atoms with Crippen LogP contribution in [0.15, 0.2) is 109 Å². The quantitative estimate of drug-likeness (QED) is 0.260. The number of rotatable bonds is 11. The molecule has 0 saturated carbocycles. The summed E-state index contributed by atoms with van der Waals surface area (Å²) >= 11 is 0. The largest absolute Gasteiger partial charge is 0.457 e. The third-order valence-electron chi connectivity index (χ3n) is 4.82. The Bertz CT molecular complexity index is 1080. The summed E-state index contributed by atoms with van der Waals surface area (Å²) in [6.45, 7) is 14.3. The Kier molecular flexibility index (Phi) is 9.86. The van der Waals surface area contributed by atoms with Crippen LogP contribution in [0, 0.1) is 12.3 Å². The van der Waals surface area contributed by atoms with Crippen molar-refractivity contribution in [3.05, 3.63) is 120 Å². The second kappa shape index (κ2) is 12.6. The average Bonchev–Trinajstić information content (AvgIpc) is 3.16. The monoisotopic (exact) mass is 446 g/mol. The number of hydrogen-bond donors (Lipinski definition) is 0. The van der Waals surface area contributed by atoms with Gasteiger partial charge in [0.1, 0.15) is 11.5 Å². The zero-order chi connectivity index (χ0) is 24.3. The molecule has 0 unspecified atom stereocenters. The first kappa shape index (κ1) is 25.9. The maximum Gasteiger partial charge on any atom is 0.130 e. The van der Waals surface area contributed by atoms with Gasteiger partial charge >= 0.3 is 0 Å². The number of halogens is 1. The summed E-state index contributed by atoms with van der Waals surface area (Å²) in [6.07, 6.45) is 19.7. The zero-order valence-electron chi connectivity index (χ0n) is 20.4. The first-order valence-electron chi connectivity index (χ1n) is 11.1. The van der Waals surface area contributed by atoms with Crippen LogP contribution in [0.25, 0.3) is 0 Å². The molecule has 0 aliphatic carbocycles. The SMILES string of the molecule is C=C/C(=C\C=C(/C)F)Oc1ccccc1CC(C)(C)/C=C(/C=C\C=C/C)Cn1cc(C)cn1. The van der Waals surface area contributed by atoms with E-state index in [2.05, 4.69) is 49.8 Å². The lowest BCUT2D eigenvalue weighted by Crippen LogP contribution is -2.15. The standard InChI is InChI=1S/C29H35FN2O/c1-7-9-10-13-25(22-32-21-23(3)20-31-32)18-29(5,6)19-26-14-11-12-15-28(26)33-27(8-2)17-16-24(4)30/h7-18,20-21H,2,19,22H2,1,3-6H3/b9-7-,13-10-,24-16+,25-18-,27-17+. The van der Waals surface area contributed by atoms with Gasteiger partial charge in [0.2, 0.25) is 0 Å². The molecular weight excluding hydrogens is 411 g/mol. The number of nitrogens with zero attached hydrogens (tertiary/aromatic N) is 2. The van der Waals surface area contributed by atoms with E-state index in [0.717, 1.165) is 23.3 Å². The minimum Gasteiger partial charge on any atom is -0.457 e. The third kappa shape index (κ3) is 9.32. The van der Waals surface area contributed by atoms with Crippen LogP contribution >= 0.6 is 0 Å². The number of allylic oxidation sites excluding steroid dienone is 10. The lowest BCUT2D eigenvalue weighted by molar-refractivity contribution is 0.419. The van der Waals surface area contributed by atoms with E-state index in [-0.39, 0.29) is 11.2 Å². The van der Waals surface area contributed by atoms with Crippen molar-refractivity contribution in [2.24, 2.45) is 5.41 Å². The maximum absolute atomic E-state index is 13.1. The first-order valence-corrected chi connectivity index (χ1v) is 11.1. The molecule has 1 aromatic heterocycles. The van der Waals surface area contributed by atoms with E-state index in [1.165, 1.54) is 18.6 Å². The normalized spacial score (nSPS) is 13.8. The fourth-order valence-electron chi connectivity index (χ4n) is 3.44. The number of para-hydroxylation sites is 1. The molecule has 0 aliphatic rings. The third-order valence-corrected chi connectivity index (χ3v) is 4.82. The maximum atomic E-state index is 13.1. The lowest BCUT2D eigenvalue weighted by atomic mass is 9.83. The van der Waals surface area contributed by atoms with Gasteiger partial charge in [-0.3, -0.25) is 4.68 Å². The van der Waals surface area contributed by atoms with E-state index in [9.17, 15) is 4.39 Å². The molecule has 2 rings (SSSR count). The molecule has 0 bridgehead atoms. The van der Waals surface area contributed by atoms with Crippen molar-refractivity contribution >= 4 is 0 Å². The summed E-state index contributed by atoms with van der Waals surface area (Å²) in [7, 11) is 0. The molecule has 0 atom stereocenters.